The van der Waals surface area contributed by atoms with Crippen LogP contribution in [0.4, 0.5) is 5.69 Å². The molecule has 8 nitrogen and oxygen atoms in total. The molecule has 0 saturated heterocycles. The second-order valence-corrected chi connectivity index (χ2v) is 10.0. The van der Waals surface area contributed by atoms with Crippen molar-refractivity contribution in [2.24, 2.45) is 5.10 Å². The van der Waals surface area contributed by atoms with Crippen molar-refractivity contribution in [2.45, 2.75) is 0 Å². The molecule has 0 aliphatic rings. The Bertz CT molecular complexity index is 1840. The third-order valence-corrected chi connectivity index (χ3v) is 6.73. The van der Waals surface area contributed by atoms with E-state index in [9.17, 15) is 14.4 Å². The van der Waals surface area contributed by atoms with Crippen LogP contribution in [0.25, 0.3) is 16.8 Å². The maximum absolute atomic E-state index is 13.1. The first kappa shape index (κ1) is 29.5. The van der Waals surface area contributed by atoms with Gasteiger partial charge in [-0.25, -0.2) is 10.2 Å². The standard InChI is InChI=1S/C36H30N4O4/c1-40(2)29-19-15-25(16-20-29)23-33(38-34(41)28-10-4-3-5-11-28)35(42)39-37-24-26-17-21-30(22-18-26)44-36(43)32-14-8-12-27-9-6-7-13-31(27)32/h3-24H,1-2H3,(H,38,41)(H,39,42)/b33-23-,37-24+. The maximum Gasteiger partial charge on any atom is 0.344 e. The van der Waals surface area contributed by atoms with Crippen LogP contribution in [0.1, 0.15) is 31.8 Å². The minimum absolute atomic E-state index is 0.0318. The number of rotatable bonds is 9. The smallest absolute Gasteiger partial charge is 0.344 e. The molecule has 2 amide bonds. The van der Waals surface area contributed by atoms with Gasteiger partial charge in [-0.05, 0) is 82.6 Å². The molecule has 2 N–H and O–H groups in total. The average molecular weight is 583 g/mol. The van der Waals surface area contributed by atoms with Gasteiger partial charge >= 0.3 is 5.97 Å². The topological polar surface area (TPSA) is 100 Å². The maximum atomic E-state index is 13.1. The van der Waals surface area contributed by atoms with Gasteiger partial charge in [0.15, 0.2) is 0 Å². The van der Waals surface area contributed by atoms with Gasteiger partial charge in [-0.3, -0.25) is 9.59 Å². The zero-order chi connectivity index (χ0) is 30.9. The fourth-order valence-corrected chi connectivity index (χ4v) is 4.39. The van der Waals surface area contributed by atoms with Gasteiger partial charge < -0.3 is 15.0 Å². The number of carbonyl (C=O) groups is 3. The highest BCUT2D eigenvalue weighted by atomic mass is 16.5. The van der Waals surface area contributed by atoms with Gasteiger partial charge in [-0.1, -0.05) is 66.7 Å². The van der Waals surface area contributed by atoms with E-state index in [4.69, 9.17) is 4.74 Å². The number of anilines is 1. The van der Waals surface area contributed by atoms with E-state index in [1.165, 1.54) is 6.21 Å². The van der Waals surface area contributed by atoms with Crippen LogP contribution in [0.5, 0.6) is 5.75 Å². The second kappa shape index (κ2) is 13.8. The van der Waals surface area contributed by atoms with Gasteiger partial charge in [0, 0.05) is 25.3 Å². The molecule has 0 aliphatic heterocycles. The summed E-state index contributed by atoms with van der Waals surface area (Å²) in [6.07, 6.45) is 3.04. The van der Waals surface area contributed by atoms with Gasteiger partial charge in [-0.15, -0.1) is 0 Å². The number of hydrogen-bond donors (Lipinski definition) is 2. The summed E-state index contributed by atoms with van der Waals surface area (Å²) in [5, 5.41) is 8.53. The van der Waals surface area contributed by atoms with E-state index < -0.39 is 17.8 Å². The van der Waals surface area contributed by atoms with Crippen LogP contribution in [0, 0.1) is 0 Å². The lowest BCUT2D eigenvalue weighted by Crippen LogP contribution is -2.32. The third kappa shape index (κ3) is 7.43. The average Bonchev–Trinajstić information content (AvgIpc) is 3.05. The molecule has 0 bridgehead atoms. The Balaban J connectivity index is 1.26. The monoisotopic (exact) mass is 582 g/mol. The largest absolute Gasteiger partial charge is 0.423 e. The van der Waals surface area contributed by atoms with Crippen molar-refractivity contribution in [3.8, 4) is 5.75 Å². The zero-order valence-corrected chi connectivity index (χ0v) is 24.2. The van der Waals surface area contributed by atoms with E-state index in [-0.39, 0.29) is 5.70 Å². The first-order valence-electron chi connectivity index (χ1n) is 13.9. The SMILES string of the molecule is CN(C)c1ccc(/C=C(\NC(=O)c2ccccc2)C(=O)N/N=C/c2ccc(OC(=O)c3cccc4ccccc34)cc2)cc1. The molecule has 218 valence electrons. The molecule has 0 aromatic heterocycles. The number of amides is 2. The van der Waals surface area contributed by atoms with Gasteiger partial charge in [0.1, 0.15) is 11.4 Å². The molecular weight excluding hydrogens is 552 g/mol. The Kier molecular flexibility index (Phi) is 9.22. The van der Waals surface area contributed by atoms with E-state index in [1.807, 2.05) is 85.7 Å². The molecular formula is C36H30N4O4. The second-order valence-electron chi connectivity index (χ2n) is 10.0. The van der Waals surface area contributed by atoms with Crippen LogP contribution in [-0.2, 0) is 4.79 Å². The molecule has 5 rings (SSSR count). The summed E-state index contributed by atoms with van der Waals surface area (Å²) in [6, 6.07) is 36.0. The number of carbonyl (C=O) groups excluding carboxylic acids is 3. The Morgan fingerprint density at radius 3 is 2.11 bits per heavy atom. The molecule has 8 heteroatoms. The first-order chi connectivity index (χ1) is 21.4. The molecule has 0 heterocycles. The number of ether oxygens (including phenoxy) is 1. The van der Waals surface area contributed by atoms with Crippen LogP contribution >= 0.6 is 0 Å². The predicted octanol–water partition coefficient (Wildman–Crippen LogP) is 6.05. The van der Waals surface area contributed by atoms with E-state index >= 15 is 0 Å². The highest BCUT2D eigenvalue weighted by molar-refractivity contribution is 6.06. The number of hydrazone groups is 1. The van der Waals surface area contributed by atoms with Crippen molar-refractivity contribution in [1.82, 2.24) is 10.7 Å². The van der Waals surface area contributed by atoms with Crippen LogP contribution in [0.2, 0.25) is 0 Å². The van der Waals surface area contributed by atoms with Crippen LogP contribution < -0.4 is 20.4 Å². The number of hydrogen-bond acceptors (Lipinski definition) is 6. The summed E-state index contributed by atoms with van der Waals surface area (Å²) in [5.74, 6) is -1.10. The highest BCUT2D eigenvalue weighted by Crippen LogP contribution is 2.21. The Hall–Kier alpha value is -6.02. The molecule has 0 atom stereocenters. The predicted molar refractivity (Wildman–Crippen MR) is 174 cm³/mol. The normalized spacial score (nSPS) is 11.3. The molecule has 0 saturated carbocycles. The minimum Gasteiger partial charge on any atom is -0.423 e. The van der Waals surface area contributed by atoms with Gasteiger partial charge in [-0.2, -0.15) is 5.10 Å². The van der Waals surface area contributed by atoms with E-state index in [0.29, 0.717) is 22.4 Å². The van der Waals surface area contributed by atoms with Crippen molar-refractivity contribution >= 4 is 46.5 Å². The van der Waals surface area contributed by atoms with E-state index in [0.717, 1.165) is 22.0 Å². The summed E-state index contributed by atoms with van der Waals surface area (Å²) >= 11 is 0. The Morgan fingerprint density at radius 2 is 1.39 bits per heavy atom. The van der Waals surface area contributed by atoms with Crippen molar-refractivity contribution in [2.75, 3.05) is 19.0 Å². The molecule has 5 aromatic rings. The Morgan fingerprint density at radius 1 is 0.727 bits per heavy atom. The molecule has 5 aromatic carbocycles. The minimum atomic E-state index is -0.595. The van der Waals surface area contributed by atoms with Crippen molar-refractivity contribution in [3.63, 3.8) is 0 Å². The van der Waals surface area contributed by atoms with Gasteiger partial charge in [0.05, 0.1) is 11.8 Å². The number of nitrogens with zero attached hydrogens (tertiary/aromatic N) is 2. The molecule has 44 heavy (non-hydrogen) atoms. The molecule has 0 spiro atoms. The quantitative estimate of drug-likeness (QED) is 0.0725. The highest BCUT2D eigenvalue weighted by Gasteiger charge is 2.15. The molecule has 0 fully saturated rings. The fourth-order valence-electron chi connectivity index (χ4n) is 4.39. The summed E-state index contributed by atoms with van der Waals surface area (Å²) in [6.45, 7) is 0. The first-order valence-corrected chi connectivity index (χ1v) is 13.9. The lowest BCUT2D eigenvalue weighted by atomic mass is 10.0. The van der Waals surface area contributed by atoms with Crippen molar-refractivity contribution in [1.29, 1.82) is 0 Å². The summed E-state index contributed by atoms with van der Waals surface area (Å²) in [4.78, 5) is 40.8. The Labute approximate surface area is 255 Å². The third-order valence-electron chi connectivity index (χ3n) is 6.73. The van der Waals surface area contributed by atoms with E-state index in [1.54, 1.807) is 60.7 Å². The number of benzene rings is 5. The number of nitrogens with one attached hydrogen (secondary N) is 2. The van der Waals surface area contributed by atoms with Crippen LogP contribution in [0.3, 0.4) is 0 Å². The summed E-state index contributed by atoms with van der Waals surface area (Å²) in [5.41, 5.74) is 5.79. The van der Waals surface area contributed by atoms with Crippen molar-refractivity contribution in [3.05, 3.63) is 149 Å². The number of esters is 1. The molecule has 0 aliphatic carbocycles. The van der Waals surface area contributed by atoms with Crippen molar-refractivity contribution < 1.29 is 19.1 Å². The summed E-state index contributed by atoms with van der Waals surface area (Å²) in [7, 11) is 3.88. The van der Waals surface area contributed by atoms with E-state index in [2.05, 4.69) is 15.8 Å². The van der Waals surface area contributed by atoms with Gasteiger partial charge in [0.25, 0.3) is 11.8 Å². The number of fused-ring (bicyclic) bond motifs is 1. The fraction of sp³-hybridized carbons (Fsp3) is 0.0556. The molecule has 0 unspecified atom stereocenters. The zero-order valence-electron chi connectivity index (χ0n) is 24.2. The van der Waals surface area contributed by atoms with Gasteiger partial charge in [0.2, 0.25) is 0 Å². The lowest BCUT2D eigenvalue weighted by Gasteiger charge is -2.12. The lowest BCUT2D eigenvalue weighted by molar-refractivity contribution is -0.117. The molecule has 0 radical (unpaired) electrons. The van der Waals surface area contributed by atoms with Crippen LogP contribution in [0.15, 0.2) is 132 Å². The van der Waals surface area contributed by atoms with Crippen LogP contribution in [-0.4, -0.2) is 38.1 Å². The summed E-state index contributed by atoms with van der Waals surface area (Å²) < 4.78 is 5.58.